The predicted octanol–water partition coefficient (Wildman–Crippen LogP) is 8.32. The van der Waals surface area contributed by atoms with E-state index >= 15 is 0 Å². The summed E-state index contributed by atoms with van der Waals surface area (Å²) in [7, 11) is 0. The third-order valence-corrected chi connectivity index (χ3v) is 7.17. The zero-order valence-corrected chi connectivity index (χ0v) is 22.9. The van der Waals surface area contributed by atoms with Gasteiger partial charge in [-0.25, -0.2) is 4.98 Å². The van der Waals surface area contributed by atoms with Crippen molar-refractivity contribution < 1.29 is 9.53 Å². The molecule has 4 nitrogen and oxygen atoms in total. The van der Waals surface area contributed by atoms with Crippen molar-refractivity contribution >= 4 is 17.1 Å². The lowest BCUT2D eigenvalue weighted by Gasteiger charge is -2.19. The minimum absolute atomic E-state index is 0.0620. The van der Waals surface area contributed by atoms with Crippen LogP contribution in [0.5, 0.6) is 5.06 Å². The highest BCUT2D eigenvalue weighted by molar-refractivity contribution is 7.13. The van der Waals surface area contributed by atoms with Crippen molar-refractivity contribution in [3.63, 3.8) is 0 Å². The quantitative estimate of drug-likeness (QED) is 0.184. The second kappa shape index (κ2) is 11.2. The number of ether oxygens (including phenoxy) is 1. The van der Waals surface area contributed by atoms with Crippen molar-refractivity contribution in [2.45, 2.75) is 45.8 Å². The standard InChI is InChI=1S/C33H32N2O2S/c1-33(2,3)37-30-20-19-28(38-30)18-11-21-35-23-29(34-32(35)31(36)25-14-8-5-9-15-25)27-17-10-16-26(22-27)24-12-6-4-7-13-24/h4-10,12-17,19-20,22-23H,11,18,21H2,1-3H3. The number of nitrogens with zero attached hydrogens (tertiary/aromatic N) is 2. The number of benzene rings is 3. The van der Waals surface area contributed by atoms with Gasteiger partial charge in [-0.15, -0.1) is 11.3 Å². The SMILES string of the molecule is CC(C)(C)Oc1ccc(CCCn2cc(-c3cccc(-c4ccccc4)c3)nc2C(=O)c2ccccc2)s1. The monoisotopic (exact) mass is 520 g/mol. The van der Waals surface area contributed by atoms with Gasteiger partial charge < -0.3 is 9.30 Å². The highest BCUT2D eigenvalue weighted by atomic mass is 32.1. The Morgan fingerprint density at radius 1 is 0.842 bits per heavy atom. The van der Waals surface area contributed by atoms with Crippen molar-refractivity contribution in [3.05, 3.63) is 120 Å². The first-order valence-corrected chi connectivity index (χ1v) is 13.8. The molecule has 0 unspecified atom stereocenters. The van der Waals surface area contributed by atoms with Gasteiger partial charge >= 0.3 is 0 Å². The summed E-state index contributed by atoms with van der Waals surface area (Å²) in [6, 6.07) is 32.2. The molecule has 38 heavy (non-hydrogen) atoms. The largest absolute Gasteiger partial charge is 0.479 e. The molecule has 0 spiro atoms. The fourth-order valence-corrected chi connectivity index (χ4v) is 5.46. The molecule has 0 aliphatic carbocycles. The number of imidazole rings is 1. The molecule has 0 aliphatic heterocycles. The molecule has 5 rings (SSSR count). The van der Waals surface area contributed by atoms with Gasteiger partial charge in [0.25, 0.3) is 0 Å². The molecular weight excluding hydrogens is 488 g/mol. The van der Waals surface area contributed by atoms with Gasteiger partial charge in [0.2, 0.25) is 5.78 Å². The van der Waals surface area contributed by atoms with Gasteiger partial charge in [-0.2, -0.15) is 0 Å². The molecule has 0 aliphatic rings. The third-order valence-electron chi connectivity index (χ3n) is 6.15. The van der Waals surface area contributed by atoms with E-state index in [0.29, 0.717) is 17.9 Å². The van der Waals surface area contributed by atoms with E-state index in [2.05, 4.69) is 57.2 Å². The second-order valence-corrected chi connectivity index (χ2v) is 11.5. The molecule has 5 aromatic rings. The van der Waals surface area contributed by atoms with Crippen LogP contribution in [0.1, 0.15) is 48.3 Å². The highest BCUT2D eigenvalue weighted by Gasteiger charge is 2.19. The highest BCUT2D eigenvalue weighted by Crippen LogP contribution is 2.30. The fraction of sp³-hybridized carbons (Fsp3) is 0.212. The van der Waals surface area contributed by atoms with Crippen molar-refractivity contribution in [2.75, 3.05) is 0 Å². The maximum Gasteiger partial charge on any atom is 0.228 e. The molecule has 0 bridgehead atoms. The Labute approximate surface area is 228 Å². The van der Waals surface area contributed by atoms with E-state index in [9.17, 15) is 4.79 Å². The zero-order chi connectivity index (χ0) is 26.5. The van der Waals surface area contributed by atoms with E-state index in [-0.39, 0.29) is 11.4 Å². The fourth-order valence-electron chi connectivity index (χ4n) is 4.39. The van der Waals surface area contributed by atoms with Crippen LogP contribution < -0.4 is 4.74 Å². The van der Waals surface area contributed by atoms with Crippen LogP contribution in [0.3, 0.4) is 0 Å². The maximum atomic E-state index is 13.5. The molecule has 0 saturated carbocycles. The summed E-state index contributed by atoms with van der Waals surface area (Å²) in [4.78, 5) is 19.6. The molecule has 192 valence electrons. The van der Waals surface area contributed by atoms with Crippen LogP contribution >= 0.6 is 11.3 Å². The Balaban J connectivity index is 1.40. The smallest absolute Gasteiger partial charge is 0.228 e. The summed E-state index contributed by atoms with van der Waals surface area (Å²) < 4.78 is 8.01. The lowest BCUT2D eigenvalue weighted by molar-refractivity contribution is 0.102. The normalized spacial score (nSPS) is 11.4. The van der Waals surface area contributed by atoms with E-state index < -0.39 is 0 Å². The number of hydrogen-bond acceptors (Lipinski definition) is 4. The third kappa shape index (κ3) is 6.29. The average Bonchev–Trinajstić information content (AvgIpc) is 3.55. The minimum Gasteiger partial charge on any atom is -0.479 e. The Morgan fingerprint density at radius 3 is 2.26 bits per heavy atom. The second-order valence-electron chi connectivity index (χ2n) is 10.3. The predicted molar refractivity (Wildman–Crippen MR) is 156 cm³/mol. The van der Waals surface area contributed by atoms with Crippen molar-refractivity contribution in [3.8, 4) is 27.4 Å². The summed E-state index contributed by atoms with van der Waals surface area (Å²) in [5.41, 5.74) is 4.51. The summed E-state index contributed by atoms with van der Waals surface area (Å²) in [5, 5.41) is 0.940. The number of thiophene rings is 1. The van der Waals surface area contributed by atoms with Crippen LogP contribution in [0.15, 0.2) is 103 Å². The topological polar surface area (TPSA) is 44.1 Å². The lowest BCUT2D eigenvalue weighted by Crippen LogP contribution is -2.22. The van der Waals surface area contributed by atoms with Gasteiger partial charge in [-0.3, -0.25) is 4.79 Å². The minimum atomic E-state index is -0.208. The first-order valence-electron chi connectivity index (χ1n) is 13.0. The summed E-state index contributed by atoms with van der Waals surface area (Å²) in [6.45, 7) is 6.88. The van der Waals surface area contributed by atoms with Crippen LogP contribution in [-0.4, -0.2) is 20.9 Å². The molecule has 5 heteroatoms. The number of carbonyl (C=O) groups is 1. The Bertz CT molecular complexity index is 1510. The van der Waals surface area contributed by atoms with Gasteiger partial charge in [0.05, 0.1) is 5.69 Å². The number of carbonyl (C=O) groups excluding carboxylic acids is 1. The van der Waals surface area contributed by atoms with Crippen LogP contribution in [0.2, 0.25) is 0 Å². The summed E-state index contributed by atoms with van der Waals surface area (Å²) >= 11 is 1.69. The van der Waals surface area contributed by atoms with Gasteiger partial charge in [0, 0.05) is 28.7 Å². The first-order chi connectivity index (χ1) is 18.4. The van der Waals surface area contributed by atoms with Crippen molar-refractivity contribution in [2.24, 2.45) is 0 Å². The van der Waals surface area contributed by atoms with Crippen molar-refractivity contribution in [1.29, 1.82) is 0 Å². The lowest BCUT2D eigenvalue weighted by atomic mass is 10.0. The van der Waals surface area contributed by atoms with E-state index in [1.807, 2.05) is 71.4 Å². The molecule has 0 amide bonds. The van der Waals surface area contributed by atoms with Gasteiger partial charge in [0.15, 0.2) is 10.9 Å². The number of hydrogen-bond donors (Lipinski definition) is 0. The molecule has 3 aromatic carbocycles. The molecule has 0 fully saturated rings. The molecule has 2 heterocycles. The molecular formula is C33H32N2O2S. The Hall–Kier alpha value is -3.96. The van der Waals surface area contributed by atoms with Crippen LogP contribution in [0.25, 0.3) is 22.4 Å². The van der Waals surface area contributed by atoms with Gasteiger partial charge in [-0.1, -0.05) is 78.9 Å². The maximum absolute atomic E-state index is 13.5. The zero-order valence-electron chi connectivity index (χ0n) is 22.1. The van der Waals surface area contributed by atoms with E-state index in [4.69, 9.17) is 9.72 Å². The van der Waals surface area contributed by atoms with Crippen LogP contribution in [0, 0.1) is 0 Å². The summed E-state index contributed by atoms with van der Waals surface area (Å²) in [6.07, 6.45) is 3.82. The van der Waals surface area contributed by atoms with E-state index in [1.54, 1.807) is 11.3 Å². The molecule has 0 saturated heterocycles. The van der Waals surface area contributed by atoms with Crippen LogP contribution in [-0.2, 0) is 13.0 Å². The molecule has 2 aromatic heterocycles. The number of ketones is 1. The molecule has 0 atom stereocenters. The first kappa shape index (κ1) is 25.7. The Kier molecular flexibility index (Phi) is 7.57. The average molecular weight is 521 g/mol. The van der Waals surface area contributed by atoms with Gasteiger partial charge in [0.1, 0.15) is 5.60 Å². The van der Waals surface area contributed by atoms with Crippen LogP contribution in [0.4, 0.5) is 0 Å². The van der Waals surface area contributed by atoms with Gasteiger partial charge in [-0.05, 0) is 62.9 Å². The molecule has 0 N–H and O–H groups in total. The van der Waals surface area contributed by atoms with E-state index in [0.717, 1.165) is 40.3 Å². The van der Waals surface area contributed by atoms with Crippen molar-refractivity contribution in [1.82, 2.24) is 9.55 Å². The number of aromatic nitrogens is 2. The molecule has 0 radical (unpaired) electrons. The van der Waals surface area contributed by atoms with E-state index in [1.165, 1.54) is 4.88 Å². The Morgan fingerprint density at radius 2 is 1.53 bits per heavy atom. The number of aryl methyl sites for hydroxylation is 2. The summed E-state index contributed by atoms with van der Waals surface area (Å²) in [5.74, 6) is 0.410. The number of rotatable bonds is 9.